The first kappa shape index (κ1) is 13.7. The molecule has 0 aliphatic heterocycles. The molecule has 0 amide bonds. The number of methoxy groups -OCH3 is 1. The number of ether oxygens (including phenoxy) is 3. The highest BCUT2D eigenvalue weighted by Crippen LogP contribution is 2.14. The van der Waals surface area contributed by atoms with Crippen LogP contribution in [0.1, 0.15) is 20.8 Å². The minimum absolute atomic E-state index is 0.195. The molecule has 0 aliphatic rings. The Hall–Kier alpha value is -1.29. The van der Waals surface area contributed by atoms with Gasteiger partial charge in [-0.3, -0.25) is 0 Å². The summed E-state index contributed by atoms with van der Waals surface area (Å²) in [5, 5.41) is 0. The van der Waals surface area contributed by atoms with Crippen LogP contribution in [0.15, 0.2) is 30.3 Å². The summed E-state index contributed by atoms with van der Waals surface area (Å²) >= 11 is 0. The zero-order valence-corrected chi connectivity index (χ0v) is 9.87. The fraction of sp³-hybridized carbons (Fsp3) is 0.545. The van der Waals surface area contributed by atoms with Gasteiger partial charge in [-0.1, -0.05) is 6.58 Å². The molecule has 0 aliphatic carbocycles. The lowest BCUT2D eigenvalue weighted by Gasteiger charge is -2.25. The van der Waals surface area contributed by atoms with Crippen molar-refractivity contribution in [2.75, 3.05) is 13.7 Å². The Labute approximate surface area is 91.2 Å². The van der Waals surface area contributed by atoms with Gasteiger partial charge in [-0.25, -0.2) is 4.99 Å². The third kappa shape index (κ3) is 6.74. The normalized spacial score (nSPS) is 12.1. The second-order valence-corrected chi connectivity index (χ2v) is 3.60. The van der Waals surface area contributed by atoms with Crippen molar-refractivity contribution in [1.82, 2.24) is 0 Å². The standard InChI is InChI=1S/C11H19NO3/c1-7-12-9(2)14-10(3)15-11(4,5)8-13-6/h7H,1,3,8H2,2,4-6H3. The van der Waals surface area contributed by atoms with Gasteiger partial charge in [0.1, 0.15) is 5.60 Å². The van der Waals surface area contributed by atoms with E-state index in [1.54, 1.807) is 14.0 Å². The SMILES string of the molecule is C=CN=C(C)OC(=C)OC(C)(C)COC. The van der Waals surface area contributed by atoms with Gasteiger partial charge in [-0.2, -0.15) is 0 Å². The molecule has 0 fully saturated rings. The van der Waals surface area contributed by atoms with E-state index in [0.717, 1.165) is 0 Å². The molecule has 15 heavy (non-hydrogen) atoms. The van der Waals surface area contributed by atoms with Gasteiger partial charge in [0.25, 0.3) is 5.95 Å². The summed E-state index contributed by atoms with van der Waals surface area (Å²) in [5.74, 6) is 0.628. The highest BCUT2D eigenvalue weighted by molar-refractivity contribution is 5.74. The molecule has 0 saturated heterocycles. The highest BCUT2D eigenvalue weighted by Gasteiger charge is 2.20. The molecule has 4 nitrogen and oxygen atoms in total. The van der Waals surface area contributed by atoms with E-state index in [-0.39, 0.29) is 5.95 Å². The van der Waals surface area contributed by atoms with Crippen LogP contribution in [-0.4, -0.2) is 25.2 Å². The van der Waals surface area contributed by atoms with E-state index in [1.807, 2.05) is 13.8 Å². The Bertz CT molecular complexity index is 257. The number of nitrogens with zero attached hydrogens (tertiary/aromatic N) is 1. The van der Waals surface area contributed by atoms with Crippen molar-refractivity contribution >= 4 is 5.90 Å². The minimum Gasteiger partial charge on any atom is -0.457 e. The van der Waals surface area contributed by atoms with Crippen LogP contribution in [-0.2, 0) is 14.2 Å². The molecule has 0 radical (unpaired) electrons. The zero-order chi connectivity index (χ0) is 11.9. The second-order valence-electron chi connectivity index (χ2n) is 3.60. The van der Waals surface area contributed by atoms with Gasteiger partial charge in [-0.05, 0) is 20.4 Å². The zero-order valence-electron chi connectivity index (χ0n) is 9.87. The Kier molecular flexibility index (Phi) is 5.70. The van der Waals surface area contributed by atoms with E-state index in [0.29, 0.717) is 12.5 Å². The molecule has 0 heterocycles. The average molecular weight is 213 g/mol. The molecule has 0 rings (SSSR count). The van der Waals surface area contributed by atoms with E-state index >= 15 is 0 Å². The van der Waals surface area contributed by atoms with E-state index in [9.17, 15) is 0 Å². The van der Waals surface area contributed by atoms with E-state index in [2.05, 4.69) is 18.2 Å². The van der Waals surface area contributed by atoms with Crippen molar-refractivity contribution < 1.29 is 14.2 Å². The summed E-state index contributed by atoms with van der Waals surface area (Å²) in [4.78, 5) is 3.83. The molecule has 0 unspecified atom stereocenters. The van der Waals surface area contributed by atoms with Crippen molar-refractivity contribution in [2.24, 2.45) is 4.99 Å². The van der Waals surface area contributed by atoms with Gasteiger partial charge in [0.15, 0.2) is 5.90 Å². The third-order valence-corrected chi connectivity index (χ3v) is 1.42. The summed E-state index contributed by atoms with van der Waals surface area (Å²) in [6.07, 6.45) is 1.39. The summed E-state index contributed by atoms with van der Waals surface area (Å²) in [7, 11) is 1.61. The van der Waals surface area contributed by atoms with Gasteiger partial charge in [0.2, 0.25) is 0 Å². The Morgan fingerprint density at radius 2 is 2.07 bits per heavy atom. The van der Waals surface area contributed by atoms with Crippen LogP contribution < -0.4 is 0 Å². The minimum atomic E-state index is -0.472. The lowest BCUT2D eigenvalue weighted by atomic mass is 10.1. The summed E-state index contributed by atoms with van der Waals surface area (Å²) < 4.78 is 15.6. The van der Waals surface area contributed by atoms with Gasteiger partial charge in [-0.15, -0.1) is 0 Å². The smallest absolute Gasteiger partial charge is 0.278 e. The van der Waals surface area contributed by atoms with Crippen LogP contribution in [0.2, 0.25) is 0 Å². The van der Waals surface area contributed by atoms with Crippen LogP contribution in [0.25, 0.3) is 0 Å². The monoisotopic (exact) mass is 213 g/mol. The van der Waals surface area contributed by atoms with Crippen LogP contribution in [0.5, 0.6) is 0 Å². The average Bonchev–Trinajstić information content (AvgIpc) is 2.01. The Morgan fingerprint density at radius 1 is 1.47 bits per heavy atom. The Balaban J connectivity index is 4.14. The lowest BCUT2D eigenvalue weighted by Crippen LogP contribution is -2.30. The molecular weight excluding hydrogens is 194 g/mol. The van der Waals surface area contributed by atoms with Crippen LogP contribution in [0.3, 0.4) is 0 Å². The third-order valence-electron chi connectivity index (χ3n) is 1.42. The second kappa shape index (κ2) is 6.24. The van der Waals surface area contributed by atoms with Gasteiger partial charge < -0.3 is 14.2 Å². The molecule has 4 heteroatoms. The van der Waals surface area contributed by atoms with Gasteiger partial charge >= 0.3 is 0 Å². The molecule has 0 N–H and O–H groups in total. The molecule has 0 spiro atoms. The topological polar surface area (TPSA) is 40.0 Å². The lowest BCUT2D eigenvalue weighted by molar-refractivity contribution is -0.0640. The molecule has 0 atom stereocenters. The van der Waals surface area contributed by atoms with E-state index in [4.69, 9.17) is 14.2 Å². The van der Waals surface area contributed by atoms with Crippen molar-refractivity contribution in [3.63, 3.8) is 0 Å². The van der Waals surface area contributed by atoms with Crippen molar-refractivity contribution in [3.8, 4) is 0 Å². The van der Waals surface area contributed by atoms with Crippen molar-refractivity contribution in [3.05, 3.63) is 25.3 Å². The Morgan fingerprint density at radius 3 is 2.53 bits per heavy atom. The number of hydrogen-bond acceptors (Lipinski definition) is 4. The summed E-state index contributed by atoms with van der Waals surface area (Å²) in [5.41, 5.74) is -0.472. The predicted molar refractivity (Wildman–Crippen MR) is 60.6 cm³/mol. The highest BCUT2D eigenvalue weighted by atomic mass is 16.7. The predicted octanol–water partition coefficient (Wildman–Crippen LogP) is 2.48. The molecule has 0 saturated carbocycles. The van der Waals surface area contributed by atoms with E-state index < -0.39 is 5.60 Å². The molecule has 0 aromatic heterocycles. The van der Waals surface area contributed by atoms with Gasteiger partial charge in [0.05, 0.1) is 6.61 Å². The number of rotatable bonds is 6. The molecule has 0 aromatic rings. The maximum Gasteiger partial charge on any atom is 0.278 e. The number of aliphatic imine (C=N–C) groups is 1. The van der Waals surface area contributed by atoms with E-state index in [1.165, 1.54) is 6.20 Å². The fourth-order valence-corrected chi connectivity index (χ4v) is 1.03. The largest absolute Gasteiger partial charge is 0.457 e. The number of hydrogen-bond donors (Lipinski definition) is 0. The molecule has 0 bridgehead atoms. The maximum absolute atomic E-state index is 5.44. The fourth-order valence-electron chi connectivity index (χ4n) is 1.03. The first-order chi connectivity index (χ1) is 6.91. The quantitative estimate of drug-likeness (QED) is 0.386. The van der Waals surface area contributed by atoms with Crippen molar-refractivity contribution in [2.45, 2.75) is 26.4 Å². The van der Waals surface area contributed by atoms with Crippen molar-refractivity contribution in [1.29, 1.82) is 0 Å². The van der Waals surface area contributed by atoms with Crippen LogP contribution in [0, 0.1) is 0 Å². The molecule has 86 valence electrons. The first-order valence-corrected chi connectivity index (χ1v) is 4.61. The molecular formula is C11H19NO3. The molecule has 0 aromatic carbocycles. The summed E-state index contributed by atoms with van der Waals surface area (Å²) in [6.45, 7) is 13.0. The first-order valence-electron chi connectivity index (χ1n) is 4.61. The van der Waals surface area contributed by atoms with Crippen LogP contribution in [0.4, 0.5) is 0 Å². The summed E-state index contributed by atoms with van der Waals surface area (Å²) in [6, 6.07) is 0. The van der Waals surface area contributed by atoms with Crippen LogP contribution >= 0.6 is 0 Å². The van der Waals surface area contributed by atoms with Gasteiger partial charge in [0, 0.05) is 20.2 Å². The maximum atomic E-state index is 5.44.